The minimum Gasteiger partial charge on any atom is -0.406 e. The van der Waals surface area contributed by atoms with Crippen LogP contribution >= 0.6 is 11.8 Å². The van der Waals surface area contributed by atoms with Crippen molar-refractivity contribution in [3.63, 3.8) is 0 Å². The third-order valence-corrected chi connectivity index (χ3v) is 7.85. The number of hydrogen-bond acceptors (Lipinski definition) is 6. The molecule has 2 heterocycles. The molecule has 0 spiro atoms. The van der Waals surface area contributed by atoms with E-state index in [2.05, 4.69) is 63.3 Å². The first-order valence-corrected chi connectivity index (χ1v) is 13.9. The number of carbonyl (C=O) groups is 1. The van der Waals surface area contributed by atoms with E-state index >= 15 is 0 Å². The number of nitrogens with one attached hydrogen (secondary N) is 2. The van der Waals surface area contributed by atoms with Crippen LogP contribution in [0.2, 0.25) is 0 Å². The highest BCUT2D eigenvalue weighted by molar-refractivity contribution is 8.14. The van der Waals surface area contributed by atoms with Gasteiger partial charge in [-0.25, -0.2) is 9.79 Å². The summed E-state index contributed by atoms with van der Waals surface area (Å²) in [6.07, 6.45) is -3.59. The number of rotatable bonds is 5. The number of thioether (sulfide) groups is 1. The SMILES string of the molecule is Cc1cccc(C)c1N1CC(C)CS/C1=N\C(=O)Nc1ccc(C2N=CN(c3ccc(OC(F)(F)F)cc3)N2)cc1. The zero-order chi connectivity index (χ0) is 29.1. The maximum Gasteiger partial charge on any atom is 0.573 e. The first kappa shape index (κ1) is 28.5. The van der Waals surface area contributed by atoms with Crippen LogP contribution in [0.25, 0.3) is 0 Å². The average molecular weight is 583 g/mol. The number of aliphatic imine (C=N–C) groups is 2. The summed E-state index contributed by atoms with van der Waals surface area (Å²) in [4.78, 5) is 23.9. The molecule has 0 aliphatic carbocycles. The highest BCUT2D eigenvalue weighted by Gasteiger charge is 2.31. The molecule has 1 saturated heterocycles. The van der Waals surface area contributed by atoms with Gasteiger partial charge in [-0.05, 0) is 72.9 Å². The minimum absolute atomic E-state index is 0.300. The number of halogens is 3. The van der Waals surface area contributed by atoms with Crippen LogP contribution < -0.4 is 25.4 Å². The third-order valence-electron chi connectivity index (χ3n) is 6.55. The first-order chi connectivity index (χ1) is 19.6. The Labute approximate surface area is 240 Å². The maximum atomic E-state index is 12.9. The quantitative estimate of drug-likeness (QED) is 0.336. The van der Waals surface area contributed by atoms with Crippen LogP contribution in [0.3, 0.4) is 0 Å². The second-order valence-electron chi connectivity index (χ2n) is 9.92. The second kappa shape index (κ2) is 11.8. The Bertz CT molecular complexity index is 1440. The van der Waals surface area contributed by atoms with Gasteiger partial charge in [0, 0.05) is 23.7 Å². The number of para-hydroxylation sites is 1. The molecule has 1 fully saturated rings. The van der Waals surface area contributed by atoms with Crippen molar-refractivity contribution in [2.24, 2.45) is 15.9 Å². The highest BCUT2D eigenvalue weighted by Crippen LogP contribution is 2.33. The number of nitrogens with zero attached hydrogens (tertiary/aromatic N) is 4. The van der Waals surface area contributed by atoms with Gasteiger partial charge in [0.05, 0.1) is 5.69 Å². The van der Waals surface area contributed by atoms with E-state index < -0.39 is 18.6 Å². The minimum atomic E-state index is -4.74. The number of hydrazine groups is 1. The van der Waals surface area contributed by atoms with E-state index in [4.69, 9.17) is 0 Å². The fraction of sp³-hybridized carbons (Fsp3) is 0.276. The predicted octanol–water partition coefficient (Wildman–Crippen LogP) is 7.03. The average Bonchev–Trinajstić information content (AvgIpc) is 3.40. The fourth-order valence-corrected chi connectivity index (χ4v) is 5.69. The van der Waals surface area contributed by atoms with Crippen molar-refractivity contribution < 1.29 is 22.7 Å². The van der Waals surface area contributed by atoms with Crippen LogP contribution in [0.15, 0.2) is 76.7 Å². The Hall–Kier alpha value is -4.03. The van der Waals surface area contributed by atoms with E-state index in [0.29, 0.717) is 22.5 Å². The topological polar surface area (TPSA) is 81.6 Å². The van der Waals surface area contributed by atoms with Gasteiger partial charge in [0.1, 0.15) is 18.3 Å². The zero-order valence-corrected chi connectivity index (χ0v) is 23.5. The fourth-order valence-electron chi connectivity index (χ4n) is 4.68. The standard InChI is InChI=1S/C29H29F3N6O2S/c1-18-15-37(25-19(2)5-4-6-20(25)3)28(41-16-18)35-27(39)34-22-9-7-21(8-10-22)26-33-17-38(36-26)23-11-13-24(14-12-23)40-29(30,31)32/h4-14,17-18,26,36H,15-16H2,1-3H3,(H,34,39)/b35-28-. The van der Waals surface area contributed by atoms with Crippen molar-refractivity contribution in [2.45, 2.75) is 33.3 Å². The van der Waals surface area contributed by atoms with Crippen molar-refractivity contribution in [2.75, 3.05) is 27.5 Å². The van der Waals surface area contributed by atoms with Crippen molar-refractivity contribution in [1.29, 1.82) is 0 Å². The second-order valence-corrected chi connectivity index (χ2v) is 10.9. The number of carbonyl (C=O) groups excluding carboxylic acids is 1. The smallest absolute Gasteiger partial charge is 0.406 e. The van der Waals surface area contributed by atoms with Gasteiger partial charge in [-0.2, -0.15) is 10.4 Å². The van der Waals surface area contributed by atoms with Crippen LogP contribution in [-0.2, 0) is 0 Å². The van der Waals surface area contributed by atoms with E-state index in [0.717, 1.165) is 34.7 Å². The Morgan fingerprint density at radius 1 is 1.07 bits per heavy atom. The third kappa shape index (κ3) is 7.01. The number of anilines is 3. The molecule has 3 aromatic carbocycles. The molecule has 0 aromatic heterocycles. The molecular weight excluding hydrogens is 553 g/mol. The summed E-state index contributed by atoms with van der Waals surface area (Å²) in [5.41, 5.74) is 8.56. The molecule has 2 N–H and O–H groups in total. The van der Waals surface area contributed by atoms with Crippen LogP contribution in [0, 0.1) is 19.8 Å². The first-order valence-electron chi connectivity index (χ1n) is 13.0. The van der Waals surface area contributed by atoms with Crippen LogP contribution in [0.4, 0.5) is 35.0 Å². The van der Waals surface area contributed by atoms with Gasteiger partial charge >= 0.3 is 12.4 Å². The molecule has 12 heteroatoms. The van der Waals surface area contributed by atoms with Crippen molar-refractivity contribution in [1.82, 2.24) is 5.43 Å². The molecule has 2 amide bonds. The lowest BCUT2D eigenvalue weighted by molar-refractivity contribution is -0.274. The Morgan fingerprint density at radius 3 is 2.41 bits per heavy atom. The molecule has 8 nitrogen and oxygen atoms in total. The number of urea groups is 1. The van der Waals surface area contributed by atoms with E-state index in [1.54, 1.807) is 35.2 Å². The number of aryl methyl sites for hydroxylation is 2. The molecule has 5 rings (SSSR count). The summed E-state index contributed by atoms with van der Waals surface area (Å²) in [5.74, 6) is 1.05. The van der Waals surface area contributed by atoms with Crippen LogP contribution in [0.1, 0.15) is 29.8 Å². The van der Waals surface area contributed by atoms with E-state index in [1.807, 2.05) is 18.2 Å². The van der Waals surface area contributed by atoms with Crippen molar-refractivity contribution >= 4 is 46.4 Å². The number of ether oxygens (including phenoxy) is 1. The summed E-state index contributed by atoms with van der Waals surface area (Å²) in [6.45, 7) is 7.11. The summed E-state index contributed by atoms with van der Waals surface area (Å²) >= 11 is 1.58. The predicted molar refractivity (Wildman–Crippen MR) is 158 cm³/mol. The molecule has 0 saturated carbocycles. The molecule has 2 aliphatic rings. The van der Waals surface area contributed by atoms with Gasteiger partial charge in [0.25, 0.3) is 0 Å². The van der Waals surface area contributed by atoms with E-state index in [-0.39, 0.29) is 5.75 Å². The van der Waals surface area contributed by atoms with Crippen LogP contribution in [0.5, 0.6) is 5.75 Å². The lowest BCUT2D eigenvalue weighted by Crippen LogP contribution is -2.40. The number of hydrogen-bond donors (Lipinski definition) is 2. The zero-order valence-electron chi connectivity index (χ0n) is 22.6. The number of amidine groups is 1. The number of alkyl halides is 3. The Kier molecular flexibility index (Phi) is 8.22. The number of amides is 2. The molecule has 214 valence electrons. The summed E-state index contributed by atoms with van der Waals surface area (Å²) in [7, 11) is 0. The Morgan fingerprint density at radius 2 is 1.76 bits per heavy atom. The van der Waals surface area contributed by atoms with E-state index in [9.17, 15) is 18.0 Å². The molecule has 0 radical (unpaired) electrons. The van der Waals surface area contributed by atoms with Gasteiger partial charge in [-0.1, -0.05) is 49.0 Å². The summed E-state index contributed by atoms with van der Waals surface area (Å²) in [6, 6.07) is 18.4. The van der Waals surface area contributed by atoms with Crippen molar-refractivity contribution in [3.05, 3.63) is 83.4 Å². The van der Waals surface area contributed by atoms with Crippen molar-refractivity contribution in [3.8, 4) is 5.75 Å². The monoisotopic (exact) mass is 582 g/mol. The van der Waals surface area contributed by atoms with Gasteiger partial charge in [0.2, 0.25) is 0 Å². The molecular formula is C29H29F3N6O2S. The summed E-state index contributed by atoms with van der Waals surface area (Å²) in [5, 5.41) is 5.14. The van der Waals surface area contributed by atoms with Gasteiger partial charge in [-0.3, -0.25) is 5.01 Å². The molecule has 0 bridgehead atoms. The maximum absolute atomic E-state index is 12.9. The molecule has 2 unspecified atom stereocenters. The lowest BCUT2D eigenvalue weighted by atomic mass is 10.1. The van der Waals surface area contributed by atoms with E-state index in [1.165, 1.54) is 24.3 Å². The number of benzene rings is 3. The molecule has 41 heavy (non-hydrogen) atoms. The lowest BCUT2D eigenvalue weighted by Gasteiger charge is -2.35. The molecule has 3 aromatic rings. The van der Waals surface area contributed by atoms with Gasteiger partial charge < -0.3 is 15.0 Å². The normalized spacial score (nSPS) is 20.0. The Balaban J connectivity index is 1.21. The molecule has 2 atom stereocenters. The highest BCUT2D eigenvalue weighted by atomic mass is 32.2. The van der Waals surface area contributed by atoms with Gasteiger partial charge in [0.15, 0.2) is 5.17 Å². The summed E-state index contributed by atoms with van der Waals surface area (Å²) < 4.78 is 41.1. The van der Waals surface area contributed by atoms with Gasteiger partial charge in [-0.15, -0.1) is 13.2 Å². The largest absolute Gasteiger partial charge is 0.573 e. The van der Waals surface area contributed by atoms with Crippen LogP contribution in [-0.4, -0.2) is 36.2 Å². The molecule has 2 aliphatic heterocycles.